The van der Waals surface area contributed by atoms with Crippen LogP contribution < -0.4 is 5.32 Å². The minimum atomic E-state index is -3.57. The Labute approximate surface area is 189 Å². The number of hydrogen-bond acceptors (Lipinski definition) is 5. The molecule has 10 heteroatoms. The number of unbranched alkanes of at least 4 members (excludes halogenated alkanes) is 2. The number of hydrogen-bond donors (Lipinski definition) is 2. The number of carbonyl (C=O) groups excluding carboxylic acids is 2. The van der Waals surface area contributed by atoms with Crippen molar-refractivity contribution in [2.75, 3.05) is 31.9 Å². The van der Waals surface area contributed by atoms with E-state index < -0.39 is 16.0 Å². The molecule has 176 valence electrons. The van der Waals surface area contributed by atoms with Crippen LogP contribution in [0.5, 0.6) is 0 Å². The molecule has 0 saturated carbocycles. The molecule has 0 radical (unpaired) electrons. The van der Waals surface area contributed by atoms with E-state index in [2.05, 4.69) is 5.32 Å². The van der Waals surface area contributed by atoms with Crippen LogP contribution in [0.2, 0.25) is 0 Å². The number of rotatable bonds is 11. The predicted molar refractivity (Wildman–Crippen MR) is 118 cm³/mol. The Balaban J connectivity index is 1.62. The summed E-state index contributed by atoms with van der Waals surface area (Å²) in [4.78, 5) is 35.5. The van der Waals surface area contributed by atoms with Gasteiger partial charge in [0.15, 0.2) is 6.54 Å². The average Bonchev–Trinajstić information content (AvgIpc) is 3.04. The standard InChI is InChI=1S/C22H31N3O6S/c1-2-3-4-13-32(30,31)24-19-10-12-25(15-19,16-20(24)26)14-17-5-7-18(8-6-17)22(29)23-11-9-21(27)28/h5-8,19H,2-4,9-16H2,1H3,(H-,23,27,28,29)/p+1. The first kappa shape index (κ1) is 24.2. The highest BCUT2D eigenvalue weighted by Gasteiger charge is 2.52. The van der Waals surface area contributed by atoms with Crippen molar-refractivity contribution in [1.82, 2.24) is 9.62 Å². The second-order valence-electron chi connectivity index (χ2n) is 8.82. The van der Waals surface area contributed by atoms with Crippen molar-refractivity contribution >= 4 is 27.8 Å². The van der Waals surface area contributed by atoms with Crippen molar-refractivity contribution in [3.05, 3.63) is 35.4 Å². The summed E-state index contributed by atoms with van der Waals surface area (Å²) in [6.07, 6.45) is 2.87. The highest BCUT2D eigenvalue weighted by molar-refractivity contribution is 7.89. The Morgan fingerprint density at radius 3 is 2.59 bits per heavy atom. The zero-order valence-electron chi connectivity index (χ0n) is 18.5. The maximum Gasteiger partial charge on any atom is 0.305 e. The van der Waals surface area contributed by atoms with E-state index in [4.69, 9.17) is 5.11 Å². The topological polar surface area (TPSA) is 121 Å². The van der Waals surface area contributed by atoms with E-state index in [-0.39, 0.29) is 43.1 Å². The molecule has 2 saturated heterocycles. The van der Waals surface area contributed by atoms with E-state index in [0.29, 0.717) is 36.0 Å². The lowest BCUT2D eigenvalue weighted by Crippen LogP contribution is -2.61. The maximum absolute atomic E-state index is 12.9. The number of piperazine rings is 1. The van der Waals surface area contributed by atoms with Crippen LogP contribution in [0.4, 0.5) is 0 Å². The third kappa shape index (κ3) is 5.66. The summed E-state index contributed by atoms with van der Waals surface area (Å²) in [5.74, 6) is -1.59. The molecule has 2 fully saturated rings. The number of quaternary nitrogens is 1. The van der Waals surface area contributed by atoms with Crippen LogP contribution in [0.1, 0.15) is 54.9 Å². The summed E-state index contributed by atoms with van der Waals surface area (Å²) in [6.45, 7) is 4.22. The normalized spacial score (nSPS) is 22.7. The van der Waals surface area contributed by atoms with E-state index in [1.165, 1.54) is 0 Å². The molecule has 2 bridgehead atoms. The zero-order valence-corrected chi connectivity index (χ0v) is 19.3. The first-order valence-corrected chi connectivity index (χ1v) is 12.8. The van der Waals surface area contributed by atoms with Gasteiger partial charge in [-0.2, -0.15) is 0 Å². The minimum absolute atomic E-state index is 0.0269. The van der Waals surface area contributed by atoms with Gasteiger partial charge >= 0.3 is 5.97 Å². The van der Waals surface area contributed by atoms with Crippen molar-refractivity contribution < 1.29 is 32.4 Å². The molecule has 2 aliphatic heterocycles. The van der Waals surface area contributed by atoms with Gasteiger partial charge in [-0.05, 0) is 18.6 Å². The Kier molecular flexibility index (Phi) is 7.55. The number of fused-ring (bicyclic) bond motifs is 2. The van der Waals surface area contributed by atoms with Crippen LogP contribution in [0.3, 0.4) is 0 Å². The Morgan fingerprint density at radius 2 is 1.94 bits per heavy atom. The van der Waals surface area contributed by atoms with Gasteiger partial charge in [-0.3, -0.25) is 14.4 Å². The van der Waals surface area contributed by atoms with Gasteiger partial charge in [0.2, 0.25) is 10.0 Å². The zero-order chi connectivity index (χ0) is 23.4. The number of carboxylic acids is 1. The molecule has 2 N–H and O–H groups in total. The molecule has 2 unspecified atom stereocenters. The summed E-state index contributed by atoms with van der Waals surface area (Å²) >= 11 is 0. The summed E-state index contributed by atoms with van der Waals surface area (Å²) in [7, 11) is -3.57. The molecule has 3 rings (SSSR count). The van der Waals surface area contributed by atoms with E-state index in [9.17, 15) is 22.8 Å². The third-order valence-corrected chi connectivity index (χ3v) is 8.15. The van der Waals surface area contributed by atoms with Crippen LogP contribution in [0.25, 0.3) is 0 Å². The predicted octanol–water partition coefficient (Wildman–Crippen LogP) is 1.34. The molecule has 0 aliphatic carbocycles. The first-order valence-electron chi connectivity index (χ1n) is 11.1. The van der Waals surface area contributed by atoms with Crippen LogP contribution >= 0.6 is 0 Å². The lowest BCUT2D eigenvalue weighted by Gasteiger charge is -2.40. The van der Waals surface area contributed by atoms with E-state index in [1.54, 1.807) is 12.1 Å². The number of carbonyl (C=O) groups is 3. The summed E-state index contributed by atoms with van der Waals surface area (Å²) in [5, 5.41) is 11.2. The van der Waals surface area contributed by atoms with Crippen molar-refractivity contribution in [1.29, 1.82) is 0 Å². The van der Waals surface area contributed by atoms with Crippen LogP contribution in [-0.4, -0.2) is 78.1 Å². The number of nitrogens with one attached hydrogen (secondary N) is 1. The van der Waals surface area contributed by atoms with Crippen molar-refractivity contribution in [2.24, 2.45) is 0 Å². The number of sulfonamides is 1. The molecule has 9 nitrogen and oxygen atoms in total. The quantitative estimate of drug-likeness (QED) is 0.375. The molecule has 2 amide bonds. The largest absolute Gasteiger partial charge is 0.481 e. The molecule has 2 heterocycles. The molecule has 2 aliphatic rings. The minimum Gasteiger partial charge on any atom is -0.481 e. The number of carboxylic acid groups (broad SMARTS) is 1. The molecule has 1 aromatic carbocycles. The first-order chi connectivity index (χ1) is 15.2. The smallest absolute Gasteiger partial charge is 0.305 e. The van der Waals surface area contributed by atoms with E-state index in [0.717, 1.165) is 29.3 Å². The monoisotopic (exact) mass is 466 g/mol. The average molecular weight is 467 g/mol. The van der Waals surface area contributed by atoms with Gasteiger partial charge < -0.3 is 14.9 Å². The van der Waals surface area contributed by atoms with Crippen molar-refractivity contribution in [3.8, 4) is 0 Å². The fourth-order valence-electron chi connectivity index (χ4n) is 4.70. The SMILES string of the molecule is CCCCCS(=O)(=O)N1C(=O)C[N+]2(Cc3ccc(C(=O)NCCC(=O)O)cc3)CCC1C2. The van der Waals surface area contributed by atoms with Crippen LogP contribution in [0.15, 0.2) is 24.3 Å². The van der Waals surface area contributed by atoms with Crippen molar-refractivity contribution in [2.45, 2.75) is 51.6 Å². The lowest BCUT2D eigenvalue weighted by atomic mass is 10.1. The third-order valence-electron chi connectivity index (χ3n) is 6.25. The van der Waals surface area contributed by atoms with Gasteiger partial charge in [0, 0.05) is 24.1 Å². The molecule has 0 aromatic heterocycles. The van der Waals surface area contributed by atoms with Gasteiger partial charge in [-0.25, -0.2) is 12.7 Å². The van der Waals surface area contributed by atoms with Crippen LogP contribution in [0, 0.1) is 0 Å². The van der Waals surface area contributed by atoms with Crippen molar-refractivity contribution in [3.63, 3.8) is 0 Å². The summed E-state index contributed by atoms with van der Waals surface area (Å²) in [5.41, 5.74) is 1.41. The molecule has 1 aromatic rings. The maximum atomic E-state index is 12.9. The Bertz CT molecular complexity index is 962. The summed E-state index contributed by atoms with van der Waals surface area (Å²) < 4.78 is 27.2. The summed E-state index contributed by atoms with van der Waals surface area (Å²) in [6, 6.07) is 6.78. The van der Waals surface area contributed by atoms with Gasteiger partial charge in [-0.1, -0.05) is 31.9 Å². The second-order valence-corrected chi connectivity index (χ2v) is 10.8. The second kappa shape index (κ2) is 9.99. The van der Waals surface area contributed by atoms with Gasteiger partial charge in [0.1, 0.15) is 19.1 Å². The van der Waals surface area contributed by atoms with E-state index >= 15 is 0 Å². The molecular weight excluding hydrogens is 434 g/mol. The highest BCUT2D eigenvalue weighted by Crippen LogP contribution is 2.33. The Morgan fingerprint density at radius 1 is 1.22 bits per heavy atom. The fraction of sp³-hybridized carbons (Fsp3) is 0.591. The van der Waals surface area contributed by atoms with Crippen LogP contribution in [-0.2, 0) is 26.2 Å². The number of benzene rings is 1. The highest BCUT2D eigenvalue weighted by atomic mass is 32.2. The van der Waals surface area contributed by atoms with Gasteiger partial charge in [0.25, 0.3) is 11.8 Å². The van der Waals surface area contributed by atoms with Gasteiger partial charge in [0.05, 0.1) is 18.7 Å². The number of amides is 2. The molecular formula is C22H32N3O6S+. The number of aliphatic carboxylic acids is 1. The lowest BCUT2D eigenvalue weighted by molar-refractivity contribution is -0.925. The van der Waals surface area contributed by atoms with Gasteiger partial charge in [-0.15, -0.1) is 0 Å². The molecule has 0 spiro atoms. The van der Waals surface area contributed by atoms with E-state index in [1.807, 2.05) is 19.1 Å². The number of nitrogens with zero attached hydrogens (tertiary/aromatic N) is 2. The molecule has 2 atom stereocenters. The fourth-order valence-corrected chi connectivity index (χ4v) is 6.46. The Hall–Kier alpha value is -2.46. The molecule has 32 heavy (non-hydrogen) atoms.